The standard InChI is InChI=1S/C15H13N3O6/c1-24-14-5-3-2-4-10(14)15(21)17-16-8-9-6-11(18(22)23)13(20)7-12(9)19/h2-8,19-20H,1H3,(H,17,21). The summed E-state index contributed by atoms with van der Waals surface area (Å²) in [5, 5.41) is 33.4. The van der Waals surface area contributed by atoms with Crippen LogP contribution in [-0.4, -0.2) is 34.4 Å². The highest BCUT2D eigenvalue weighted by molar-refractivity contribution is 5.97. The molecule has 2 rings (SSSR count). The van der Waals surface area contributed by atoms with Gasteiger partial charge in [-0.05, 0) is 12.1 Å². The van der Waals surface area contributed by atoms with Crippen LogP contribution in [0.1, 0.15) is 15.9 Å². The first kappa shape index (κ1) is 16.7. The van der Waals surface area contributed by atoms with Crippen molar-refractivity contribution in [3.8, 4) is 17.2 Å². The number of nitrogens with one attached hydrogen (secondary N) is 1. The van der Waals surface area contributed by atoms with Crippen LogP contribution in [0.25, 0.3) is 0 Å². The fourth-order valence-electron chi connectivity index (χ4n) is 1.88. The number of para-hydroxylation sites is 1. The lowest BCUT2D eigenvalue weighted by molar-refractivity contribution is -0.385. The predicted molar refractivity (Wildman–Crippen MR) is 84.5 cm³/mol. The smallest absolute Gasteiger partial charge is 0.311 e. The number of nitro groups is 1. The van der Waals surface area contributed by atoms with Gasteiger partial charge in [0.05, 0.1) is 23.8 Å². The molecule has 9 nitrogen and oxygen atoms in total. The van der Waals surface area contributed by atoms with Crippen LogP contribution < -0.4 is 10.2 Å². The quantitative estimate of drug-likeness (QED) is 0.434. The number of hydrogen-bond acceptors (Lipinski definition) is 7. The SMILES string of the molecule is COc1ccccc1C(=O)NN=Cc1cc([N+](=O)[O-])c(O)cc1O. The lowest BCUT2D eigenvalue weighted by atomic mass is 10.2. The molecule has 0 radical (unpaired) electrons. The van der Waals surface area contributed by atoms with Gasteiger partial charge in [-0.15, -0.1) is 0 Å². The van der Waals surface area contributed by atoms with Crippen molar-refractivity contribution in [2.24, 2.45) is 5.10 Å². The largest absolute Gasteiger partial charge is 0.507 e. The number of benzene rings is 2. The molecule has 9 heteroatoms. The van der Waals surface area contributed by atoms with Crippen LogP contribution in [0.2, 0.25) is 0 Å². The third-order valence-corrected chi connectivity index (χ3v) is 3.04. The van der Waals surface area contributed by atoms with Crippen LogP contribution >= 0.6 is 0 Å². The number of amides is 1. The van der Waals surface area contributed by atoms with E-state index in [2.05, 4.69) is 10.5 Å². The molecule has 3 N–H and O–H groups in total. The minimum Gasteiger partial charge on any atom is -0.507 e. The number of phenols is 2. The zero-order valence-corrected chi connectivity index (χ0v) is 12.5. The Bertz CT molecular complexity index is 819. The second-order valence-corrected chi connectivity index (χ2v) is 4.56. The molecule has 0 bridgehead atoms. The van der Waals surface area contributed by atoms with Gasteiger partial charge >= 0.3 is 5.69 Å². The molecule has 0 spiro atoms. The minimum atomic E-state index is -0.806. The predicted octanol–water partition coefficient (Wildman–Crippen LogP) is 1.78. The van der Waals surface area contributed by atoms with Gasteiger partial charge in [0.2, 0.25) is 0 Å². The van der Waals surface area contributed by atoms with Crippen molar-refractivity contribution >= 4 is 17.8 Å². The summed E-state index contributed by atoms with van der Waals surface area (Å²) in [6, 6.07) is 8.24. The molecule has 0 aliphatic rings. The summed E-state index contributed by atoms with van der Waals surface area (Å²) in [7, 11) is 1.42. The lowest BCUT2D eigenvalue weighted by Crippen LogP contribution is -2.18. The molecule has 0 saturated carbocycles. The van der Waals surface area contributed by atoms with E-state index in [1.807, 2.05) is 0 Å². The maximum Gasteiger partial charge on any atom is 0.311 e. The molecular formula is C15H13N3O6. The van der Waals surface area contributed by atoms with Crippen molar-refractivity contribution in [1.82, 2.24) is 5.43 Å². The second-order valence-electron chi connectivity index (χ2n) is 4.56. The molecule has 0 unspecified atom stereocenters. The van der Waals surface area contributed by atoms with E-state index in [1.54, 1.807) is 18.2 Å². The number of phenolic OH excluding ortho intramolecular Hbond substituents is 2. The van der Waals surface area contributed by atoms with Crippen LogP contribution in [0, 0.1) is 10.1 Å². The number of carbonyl (C=O) groups is 1. The van der Waals surface area contributed by atoms with Crippen LogP contribution in [0.5, 0.6) is 17.2 Å². The van der Waals surface area contributed by atoms with Gasteiger partial charge < -0.3 is 14.9 Å². The summed E-state index contributed by atoms with van der Waals surface area (Å²) in [6.45, 7) is 0. The number of hydrazone groups is 1. The molecule has 2 aromatic carbocycles. The van der Waals surface area contributed by atoms with E-state index in [4.69, 9.17) is 4.74 Å². The van der Waals surface area contributed by atoms with Gasteiger partial charge in [0.1, 0.15) is 11.5 Å². The van der Waals surface area contributed by atoms with Gasteiger partial charge in [0.15, 0.2) is 5.75 Å². The monoisotopic (exact) mass is 331 g/mol. The molecule has 24 heavy (non-hydrogen) atoms. The van der Waals surface area contributed by atoms with Gasteiger partial charge in [-0.2, -0.15) is 5.10 Å². The van der Waals surface area contributed by atoms with Crippen LogP contribution in [0.15, 0.2) is 41.5 Å². The number of hydrogen-bond donors (Lipinski definition) is 3. The molecule has 1 amide bonds. The van der Waals surface area contributed by atoms with Crippen molar-refractivity contribution in [1.29, 1.82) is 0 Å². The third kappa shape index (κ3) is 3.58. The molecule has 0 saturated heterocycles. The van der Waals surface area contributed by atoms with E-state index in [-0.39, 0.29) is 11.1 Å². The highest BCUT2D eigenvalue weighted by atomic mass is 16.6. The van der Waals surface area contributed by atoms with E-state index in [0.29, 0.717) is 5.75 Å². The summed E-state index contributed by atoms with van der Waals surface area (Å²) in [5.74, 6) is -1.30. The van der Waals surface area contributed by atoms with Gasteiger partial charge in [-0.1, -0.05) is 12.1 Å². The fourth-order valence-corrected chi connectivity index (χ4v) is 1.88. The Morgan fingerprint density at radius 1 is 1.29 bits per heavy atom. The summed E-state index contributed by atoms with van der Waals surface area (Å²) < 4.78 is 5.05. The first-order valence-electron chi connectivity index (χ1n) is 6.60. The lowest BCUT2D eigenvalue weighted by Gasteiger charge is -2.06. The first-order chi connectivity index (χ1) is 11.4. The fraction of sp³-hybridized carbons (Fsp3) is 0.0667. The Kier molecular flexibility index (Phi) is 4.95. The zero-order chi connectivity index (χ0) is 17.7. The highest BCUT2D eigenvalue weighted by Gasteiger charge is 2.17. The first-order valence-corrected chi connectivity index (χ1v) is 6.60. The van der Waals surface area contributed by atoms with E-state index in [0.717, 1.165) is 18.3 Å². The van der Waals surface area contributed by atoms with Gasteiger partial charge in [0, 0.05) is 17.7 Å². The van der Waals surface area contributed by atoms with Gasteiger partial charge in [0.25, 0.3) is 5.91 Å². The summed E-state index contributed by atoms with van der Waals surface area (Å²) in [5.41, 5.74) is 1.83. The molecule has 0 heterocycles. The summed E-state index contributed by atoms with van der Waals surface area (Å²) in [6.07, 6.45) is 1.02. The van der Waals surface area contributed by atoms with Crippen molar-refractivity contribution in [3.63, 3.8) is 0 Å². The highest BCUT2D eigenvalue weighted by Crippen LogP contribution is 2.31. The Labute approximate surface area is 136 Å². The molecule has 2 aromatic rings. The van der Waals surface area contributed by atoms with Crippen LogP contribution in [0.4, 0.5) is 5.69 Å². The Hall–Kier alpha value is -3.62. The maximum absolute atomic E-state index is 12.0. The Morgan fingerprint density at radius 3 is 2.67 bits per heavy atom. The molecule has 0 aliphatic heterocycles. The molecule has 124 valence electrons. The van der Waals surface area contributed by atoms with Gasteiger partial charge in [-0.25, -0.2) is 5.43 Å². The van der Waals surface area contributed by atoms with Crippen molar-refractivity contribution < 1.29 is 24.7 Å². The third-order valence-electron chi connectivity index (χ3n) is 3.04. The van der Waals surface area contributed by atoms with Crippen LogP contribution in [0.3, 0.4) is 0 Å². The van der Waals surface area contributed by atoms with Crippen LogP contribution in [-0.2, 0) is 0 Å². The number of carbonyl (C=O) groups excluding carboxylic acids is 1. The molecule has 0 aliphatic carbocycles. The minimum absolute atomic E-state index is 0.0418. The summed E-state index contributed by atoms with van der Waals surface area (Å²) in [4.78, 5) is 22.0. The Balaban J connectivity index is 2.19. The van der Waals surface area contributed by atoms with E-state index in [1.165, 1.54) is 13.2 Å². The maximum atomic E-state index is 12.0. The van der Waals surface area contributed by atoms with E-state index in [9.17, 15) is 25.1 Å². The number of aromatic hydroxyl groups is 2. The Morgan fingerprint density at radius 2 is 2.00 bits per heavy atom. The number of nitro benzene ring substituents is 1. The summed E-state index contributed by atoms with van der Waals surface area (Å²) >= 11 is 0. The van der Waals surface area contributed by atoms with Gasteiger partial charge in [-0.3, -0.25) is 14.9 Å². The van der Waals surface area contributed by atoms with E-state index < -0.39 is 28.0 Å². The molecule has 0 fully saturated rings. The second kappa shape index (κ2) is 7.09. The van der Waals surface area contributed by atoms with Crippen molar-refractivity contribution in [3.05, 3.63) is 57.6 Å². The topological polar surface area (TPSA) is 134 Å². The number of rotatable bonds is 5. The normalized spacial score (nSPS) is 10.5. The zero-order valence-electron chi connectivity index (χ0n) is 12.5. The number of methoxy groups -OCH3 is 1. The van der Waals surface area contributed by atoms with E-state index >= 15 is 0 Å². The van der Waals surface area contributed by atoms with Crippen molar-refractivity contribution in [2.45, 2.75) is 0 Å². The number of ether oxygens (including phenoxy) is 1. The molecule has 0 aromatic heterocycles. The van der Waals surface area contributed by atoms with Crippen molar-refractivity contribution in [2.75, 3.05) is 7.11 Å². The molecular weight excluding hydrogens is 318 g/mol. The number of nitrogens with zero attached hydrogens (tertiary/aromatic N) is 2. The average molecular weight is 331 g/mol. The average Bonchev–Trinajstić information content (AvgIpc) is 2.56. The molecule has 0 atom stereocenters.